The maximum Gasteiger partial charge on any atom is 0.144 e. The molecule has 0 fully saturated rings. The highest BCUT2D eigenvalue weighted by atomic mass is 16.3. The Balaban J connectivity index is 1.12. The van der Waals surface area contributed by atoms with Gasteiger partial charge in [0.1, 0.15) is 11.2 Å². The summed E-state index contributed by atoms with van der Waals surface area (Å²) >= 11 is 0. The molecule has 0 aliphatic heterocycles. The van der Waals surface area contributed by atoms with Crippen molar-refractivity contribution in [2.24, 2.45) is 0 Å². The molecule has 0 bridgehead atoms. The Kier molecular flexibility index (Phi) is 6.91. The number of hydrogen-bond acceptors (Lipinski definition) is 1. The van der Waals surface area contributed by atoms with E-state index in [1.807, 2.05) is 0 Å². The fourth-order valence-corrected chi connectivity index (χ4v) is 11.8. The van der Waals surface area contributed by atoms with Gasteiger partial charge >= 0.3 is 0 Å². The standard InChI is InChI=1S/C60H42O/c1-59(2)48-31-15-14-27-45(48)54-56(59)55-52(53-47-30-17-28-39(57(47)61-58(53)54)36-18-6-5-7-19-36)46-33-32-37(34-49(46)60(55,3)4)50-41-23-10-12-25-43(41)51(44-26-13-11-24-42(44)50)40-29-16-21-35-20-8-9-22-38(35)40/h5-34H,1-4H3. The van der Waals surface area contributed by atoms with Crippen LogP contribution in [0.2, 0.25) is 0 Å². The minimum atomic E-state index is -0.298. The molecule has 2 aliphatic rings. The van der Waals surface area contributed by atoms with E-state index in [0.717, 1.165) is 22.3 Å². The Bertz CT molecular complexity index is 3630. The molecule has 2 aliphatic carbocycles. The zero-order valence-corrected chi connectivity index (χ0v) is 34.7. The molecule has 0 saturated carbocycles. The van der Waals surface area contributed by atoms with Crippen molar-refractivity contribution in [2.45, 2.75) is 38.5 Å². The molecule has 61 heavy (non-hydrogen) atoms. The predicted octanol–water partition coefficient (Wildman–Crippen LogP) is 16.7. The Hall–Kier alpha value is -7.22. The Labute approximate surface area is 355 Å². The van der Waals surface area contributed by atoms with E-state index >= 15 is 0 Å². The van der Waals surface area contributed by atoms with E-state index in [1.165, 1.54) is 110 Å². The van der Waals surface area contributed by atoms with E-state index in [4.69, 9.17) is 4.42 Å². The van der Waals surface area contributed by atoms with Gasteiger partial charge in [-0.05, 0) is 105 Å². The third-order valence-corrected chi connectivity index (χ3v) is 14.4. The van der Waals surface area contributed by atoms with Gasteiger partial charge in [0.05, 0.1) is 0 Å². The molecule has 0 radical (unpaired) electrons. The first-order chi connectivity index (χ1) is 29.8. The van der Waals surface area contributed by atoms with E-state index in [9.17, 15) is 0 Å². The van der Waals surface area contributed by atoms with E-state index in [2.05, 4.69) is 210 Å². The van der Waals surface area contributed by atoms with Crippen molar-refractivity contribution in [1.82, 2.24) is 0 Å². The van der Waals surface area contributed by atoms with Crippen molar-refractivity contribution in [2.75, 3.05) is 0 Å². The van der Waals surface area contributed by atoms with Crippen LogP contribution in [0.4, 0.5) is 0 Å². The number of benzene rings is 10. The smallest absolute Gasteiger partial charge is 0.144 e. The lowest BCUT2D eigenvalue weighted by molar-refractivity contribution is 0.600. The molecule has 0 atom stereocenters. The minimum absolute atomic E-state index is 0.225. The van der Waals surface area contributed by atoms with Crippen LogP contribution < -0.4 is 0 Å². The van der Waals surface area contributed by atoms with Crippen LogP contribution in [0.15, 0.2) is 186 Å². The maximum atomic E-state index is 7.30. The van der Waals surface area contributed by atoms with E-state index in [1.54, 1.807) is 0 Å². The highest BCUT2D eigenvalue weighted by molar-refractivity contribution is 6.25. The summed E-state index contributed by atoms with van der Waals surface area (Å²) in [6.45, 7) is 9.76. The van der Waals surface area contributed by atoms with Gasteiger partial charge in [-0.2, -0.15) is 0 Å². The molecule has 13 rings (SSSR count). The SMILES string of the molecule is CC1(C)c2ccccc2-c2c1c1c(c3c2oc2c(-c4ccccc4)cccc23)-c2ccc(-c3c4ccccc4c(-c4cccc5ccccc45)c4ccccc34)cc2C1(C)C. The average Bonchev–Trinajstić information content (AvgIpc) is 3.88. The lowest BCUT2D eigenvalue weighted by Crippen LogP contribution is -2.24. The van der Waals surface area contributed by atoms with Crippen LogP contribution in [0.3, 0.4) is 0 Å². The quantitative estimate of drug-likeness (QED) is 0.163. The van der Waals surface area contributed by atoms with Crippen LogP contribution in [0.1, 0.15) is 49.9 Å². The van der Waals surface area contributed by atoms with Gasteiger partial charge in [0.15, 0.2) is 0 Å². The van der Waals surface area contributed by atoms with Gasteiger partial charge in [0, 0.05) is 32.7 Å². The zero-order valence-electron chi connectivity index (χ0n) is 34.7. The second-order valence-corrected chi connectivity index (χ2v) is 18.3. The first-order valence-electron chi connectivity index (χ1n) is 21.6. The molecule has 0 N–H and O–H groups in total. The molecule has 1 nitrogen and oxygen atoms in total. The van der Waals surface area contributed by atoms with Crippen LogP contribution in [0.5, 0.6) is 0 Å². The van der Waals surface area contributed by atoms with Crippen molar-refractivity contribution in [3.05, 3.63) is 204 Å². The summed E-state index contributed by atoms with van der Waals surface area (Å²) in [7, 11) is 0. The lowest BCUT2D eigenvalue weighted by atomic mass is 9.72. The Morgan fingerprint density at radius 1 is 0.328 bits per heavy atom. The summed E-state index contributed by atoms with van der Waals surface area (Å²) in [6, 6.07) is 67.4. The van der Waals surface area contributed by atoms with Gasteiger partial charge in [-0.15, -0.1) is 0 Å². The minimum Gasteiger partial charge on any atom is -0.455 e. The molecule has 1 heterocycles. The molecular formula is C60H42O. The molecule has 0 saturated heterocycles. The molecule has 1 aromatic heterocycles. The molecular weight excluding hydrogens is 737 g/mol. The number of para-hydroxylation sites is 1. The summed E-state index contributed by atoms with van der Waals surface area (Å²) in [5, 5.41) is 10.0. The summed E-state index contributed by atoms with van der Waals surface area (Å²) in [6.07, 6.45) is 0. The molecule has 10 aromatic carbocycles. The van der Waals surface area contributed by atoms with Crippen molar-refractivity contribution in [3.8, 4) is 55.6 Å². The molecule has 288 valence electrons. The van der Waals surface area contributed by atoms with Crippen LogP contribution in [0.25, 0.3) is 110 Å². The monoisotopic (exact) mass is 778 g/mol. The van der Waals surface area contributed by atoms with Gasteiger partial charge in [-0.1, -0.05) is 204 Å². The number of furan rings is 1. The lowest BCUT2D eigenvalue weighted by Gasteiger charge is -2.31. The van der Waals surface area contributed by atoms with Crippen LogP contribution in [-0.2, 0) is 10.8 Å². The molecule has 0 unspecified atom stereocenters. The summed E-state index contributed by atoms with van der Waals surface area (Å²) in [4.78, 5) is 0. The highest BCUT2D eigenvalue weighted by Gasteiger charge is 2.48. The van der Waals surface area contributed by atoms with Crippen LogP contribution >= 0.6 is 0 Å². The molecule has 1 heteroatoms. The maximum absolute atomic E-state index is 7.30. The third kappa shape index (κ3) is 4.51. The first kappa shape index (κ1) is 34.6. The fraction of sp³-hybridized carbons (Fsp3) is 0.100. The second-order valence-electron chi connectivity index (χ2n) is 18.3. The van der Waals surface area contributed by atoms with E-state index in [-0.39, 0.29) is 10.8 Å². The third-order valence-electron chi connectivity index (χ3n) is 14.4. The summed E-state index contributed by atoms with van der Waals surface area (Å²) in [5.74, 6) is 0. The highest BCUT2D eigenvalue weighted by Crippen LogP contribution is 2.64. The Morgan fingerprint density at radius 3 is 1.61 bits per heavy atom. The topological polar surface area (TPSA) is 13.1 Å². The number of fused-ring (bicyclic) bond motifs is 15. The number of hydrogen-bond donors (Lipinski definition) is 0. The van der Waals surface area contributed by atoms with Gasteiger partial charge in [0.25, 0.3) is 0 Å². The average molecular weight is 779 g/mol. The molecule has 11 aromatic rings. The van der Waals surface area contributed by atoms with Gasteiger partial charge < -0.3 is 4.42 Å². The van der Waals surface area contributed by atoms with Crippen LogP contribution in [-0.4, -0.2) is 0 Å². The molecule has 0 spiro atoms. The van der Waals surface area contributed by atoms with Gasteiger partial charge in [-0.3, -0.25) is 0 Å². The van der Waals surface area contributed by atoms with Crippen molar-refractivity contribution in [1.29, 1.82) is 0 Å². The zero-order chi connectivity index (χ0) is 40.8. The second kappa shape index (κ2) is 12.2. The number of rotatable bonds is 3. The van der Waals surface area contributed by atoms with Crippen molar-refractivity contribution in [3.63, 3.8) is 0 Å². The van der Waals surface area contributed by atoms with Crippen molar-refractivity contribution >= 4 is 54.3 Å². The first-order valence-corrected chi connectivity index (χ1v) is 21.6. The summed E-state index contributed by atoms with van der Waals surface area (Å²) in [5.41, 5.74) is 19.5. The predicted molar refractivity (Wildman–Crippen MR) is 258 cm³/mol. The Morgan fingerprint density at radius 2 is 0.852 bits per heavy atom. The fourth-order valence-electron chi connectivity index (χ4n) is 11.8. The van der Waals surface area contributed by atoms with E-state index in [0.29, 0.717) is 0 Å². The molecule has 0 amide bonds. The van der Waals surface area contributed by atoms with Gasteiger partial charge in [0.2, 0.25) is 0 Å². The van der Waals surface area contributed by atoms with Crippen LogP contribution in [0, 0.1) is 0 Å². The van der Waals surface area contributed by atoms with E-state index < -0.39 is 0 Å². The largest absolute Gasteiger partial charge is 0.455 e. The van der Waals surface area contributed by atoms with Crippen molar-refractivity contribution < 1.29 is 4.42 Å². The van der Waals surface area contributed by atoms with Gasteiger partial charge in [-0.25, -0.2) is 0 Å². The normalized spacial score (nSPS) is 14.5. The summed E-state index contributed by atoms with van der Waals surface area (Å²) < 4.78 is 7.30.